The Morgan fingerprint density at radius 3 is 2.44 bits per heavy atom. The smallest absolute Gasteiger partial charge is 0.308 e. The first-order chi connectivity index (χ1) is 16.4. The molecule has 0 aliphatic carbocycles. The Morgan fingerprint density at radius 1 is 0.971 bits per heavy atom. The zero-order chi connectivity index (χ0) is 23.7. The number of benzene rings is 2. The number of alkyl halides is 3. The quantitative estimate of drug-likeness (QED) is 0.380. The number of imidazole rings is 1. The predicted octanol–water partition coefficient (Wildman–Crippen LogP) is 5.07. The Hall–Kier alpha value is -4.08. The highest BCUT2D eigenvalue weighted by Gasteiger charge is 2.37. The molecular formula is C24H20F3N7. The molecule has 0 bridgehead atoms. The minimum absolute atomic E-state index is 0.212. The van der Waals surface area contributed by atoms with E-state index >= 15 is 0 Å². The first-order valence-electron chi connectivity index (χ1n) is 10.7. The summed E-state index contributed by atoms with van der Waals surface area (Å²) in [5, 5.41) is 14.3. The number of hydrogen-bond acceptors (Lipinski definition) is 5. The number of hydrogen-bond donors (Lipinski definition) is 1. The summed E-state index contributed by atoms with van der Waals surface area (Å²) in [6.07, 6.45) is -2.88. The number of tetrazole rings is 1. The van der Waals surface area contributed by atoms with Crippen LogP contribution in [0.1, 0.15) is 18.3 Å². The summed E-state index contributed by atoms with van der Waals surface area (Å²) in [5.74, 6) is -0.642. The first kappa shape index (κ1) is 21.7. The highest BCUT2D eigenvalue weighted by atomic mass is 19.4. The van der Waals surface area contributed by atoms with Crippen molar-refractivity contribution in [2.24, 2.45) is 5.92 Å². The van der Waals surface area contributed by atoms with Gasteiger partial charge in [-0.05, 0) is 34.0 Å². The van der Waals surface area contributed by atoms with E-state index in [-0.39, 0.29) is 6.42 Å². The van der Waals surface area contributed by atoms with Crippen LogP contribution >= 0.6 is 0 Å². The van der Waals surface area contributed by atoms with Crippen molar-refractivity contribution < 1.29 is 13.2 Å². The second-order valence-electron chi connectivity index (χ2n) is 8.09. The molecule has 3 heterocycles. The molecule has 2 aromatic carbocycles. The highest BCUT2D eigenvalue weighted by molar-refractivity contribution is 5.80. The normalized spacial score (nSPS) is 12.8. The van der Waals surface area contributed by atoms with E-state index in [0.29, 0.717) is 29.4 Å². The van der Waals surface area contributed by atoms with Crippen LogP contribution in [0, 0.1) is 5.92 Å². The molecular weight excluding hydrogens is 443 g/mol. The summed E-state index contributed by atoms with van der Waals surface area (Å²) in [7, 11) is 0. The molecule has 0 saturated heterocycles. The van der Waals surface area contributed by atoms with Crippen LogP contribution in [0.5, 0.6) is 0 Å². The number of rotatable bonds is 6. The molecule has 0 aliphatic heterocycles. The van der Waals surface area contributed by atoms with E-state index in [2.05, 4.69) is 30.6 Å². The average molecular weight is 463 g/mol. The first-order valence-corrected chi connectivity index (χ1v) is 10.7. The monoisotopic (exact) mass is 463 g/mol. The lowest BCUT2D eigenvalue weighted by Gasteiger charge is -2.16. The number of fused-ring (bicyclic) bond motifs is 1. The second kappa shape index (κ2) is 8.69. The highest BCUT2D eigenvalue weighted by Crippen LogP contribution is 2.31. The Kier molecular flexibility index (Phi) is 5.56. The standard InChI is InChI=1S/C24H20F3N7/c1-15(24(25,26)27)13-21-29-20-7-4-12-28-23(20)34(21)14-16-8-10-17(11-9-16)18-5-2-3-6-19(18)22-30-32-33-31-22/h2-12,15H,13-14H2,1H3,(H,30,31,32,33). The number of H-pyrrole nitrogens is 1. The third-order valence-electron chi connectivity index (χ3n) is 5.75. The lowest BCUT2D eigenvalue weighted by Crippen LogP contribution is -2.23. The SMILES string of the molecule is CC(Cc1nc2cccnc2n1Cc1ccc(-c2ccccc2-c2nn[nH]n2)cc1)C(F)(F)F. The van der Waals surface area contributed by atoms with Gasteiger partial charge in [0.1, 0.15) is 11.3 Å². The third-order valence-corrected chi connectivity index (χ3v) is 5.75. The van der Waals surface area contributed by atoms with Crippen molar-refractivity contribution in [3.05, 3.63) is 78.2 Å². The third kappa shape index (κ3) is 4.26. The molecule has 34 heavy (non-hydrogen) atoms. The summed E-state index contributed by atoms with van der Waals surface area (Å²) >= 11 is 0. The van der Waals surface area contributed by atoms with Crippen LogP contribution in [0.3, 0.4) is 0 Å². The van der Waals surface area contributed by atoms with Crippen LogP contribution < -0.4 is 0 Å². The summed E-state index contributed by atoms with van der Waals surface area (Å²) < 4.78 is 41.4. The molecule has 0 saturated carbocycles. The number of pyridine rings is 1. The van der Waals surface area contributed by atoms with Gasteiger partial charge < -0.3 is 4.57 Å². The molecule has 0 radical (unpaired) electrons. The van der Waals surface area contributed by atoms with Crippen LogP contribution in [-0.2, 0) is 13.0 Å². The minimum atomic E-state index is -4.29. The zero-order valence-corrected chi connectivity index (χ0v) is 18.2. The lowest BCUT2D eigenvalue weighted by molar-refractivity contribution is -0.169. The molecule has 1 atom stereocenters. The largest absolute Gasteiger partial charge is 0.391 e. The van der Waals surface area contributed by atoms with Crippen LogP contribution in [-0.4, -0.2) is 41.3 Å². The van der Waals surface area contributed by atoms with Gasteiger partial charge in [-0.15, -0.1) is 10.2 Å². The Labute approximate surface area is 192 Å². The van der Waals surface area contributed by atoms with Gasteiger partial charge in [0, 0.05) is 18.2 Å². The van der Waals surface area contributed by atoms with Crippen LogP contribution in [0.2, 0.25) is 0 Å². The molecule has 172 valence electrons. The summed E-state index contributed by atoms with van der Waals surface area (Å²) in [5.41, 5.74) is 4.83. The number of halogens is 3. The molecule has 0 aliphatic rings. The molecule has 1 unspecified atom stereocenters. The van der Waals surface area contributed by atoms with Gasteiger partial charge in [0.15, 0.2) is 5.65 Å². The minimum Gasteiger partial charge on any atom is -0.308 e. The Bertz CT molecular complexity index is 1410. The van der Waals surface area contributed by atoms with E-state index < -0.39 is 12.1 Å². The molecule has 7 nitrogen and oxygen atoms in total. The van der Waals surface area contributed by atoms with Crippen molar-refractivity contribution >= 4 is 11.2 Å². The van der Waals surface area contributed by atoms with Crippen molar-refractivity contribution in [3.8, 4) is 22.5 Å². The molecule has 0 amide bonds. The van der Waals surface area contributed by atoms with E-state index in [4.69, 9.17) is 0 Å². The summed E-state index contributed by atoms with van der Waals surface area (Å²) in [4.78, 5) is 8.81. The maximum atomic E-state index is 13.2. The van der Waals surface area contributed by atoms with Crippen molar-refractivity contribution in [3.63, 3.8) is 0 Å². The molecule has 10 heteroatoms. The van der Waals surface area contributed by atoms with E-state index in [9.17, 15) is 13.2 Å². The Morgan fingerprint density at radius 2 is 1.74 bits per heavy atom. The number of aromatic nitrogens is 7. The van der Waals surface area contributed by atoms with Crippen molar-refractivity contribution in [1.29, 1.82) is 0 Å². The van der Waals surface area contributed by atoms with Gasteiger partial charge >= 0.3 is 6.18 Å². The van der Waals surface area contributed by atoms with Gasteiger partial charge in [-0.1, -0.05) is 55.5 Å². The van der Waals surface area contributed by atoms with Gasteiger partial charge in [-0.2, -0.15) is 18.4 Å². The van der Waals surface area contributed by atoms with Crippen molar-refractivity contribution in [2.75, 3.05) is 0 Å². The molecule has 5 rings (SSSR count). The zero-order valence-electron chi connectivity index (χ0n) is 18.2. The topological polar surface area (TPSA) is 85.2 Å². The second-order valence-corrected chi connectivity index (χ2v) is 8.09. The maximum Gasteiger partial charge on any atom is 0.391 e. The van der Waals surface area contributed by atoms with Gasteiger partial charge in [0.2, 0.25) is 5.82 Å². The Balaban J connectivity index is 1.46. The maximum absolute atomic E-state index is 13.2. The van der Waals surface area contributed by atoms with E-state index in [0.717, 1.165) is 22.3 Å². The van der Waals surface area contributed by atoms with Crippen molar-refractivity contribution in [1.82, 2.24) is 35.2 Å². The fourth-order valence-electron chi connectivity index (χ4n) is 3.89. The van der Waals surface area contributed by atoms with Gasteiger partial charge in [-0.3, -0.25) is 0 Å². The summed E-state index contributed by atoms with van der Waals surface area (Å²) in [6.45, 7) is 1.53. The molecule has 5 aromatic rings. The fourth-order valence-corrected chi connectivity index (χ4v) is 3.89. The lowest BCUT2D eigenvalue weighted by atomic mass is 9.98. The van der Waals surface area contributed by atoms with Crippen LogP contribution in [0.25, 0.3) is 33.7 Å². The number of nitrogens with one attached hydrogen (secondary N) is 1. The van der Waals surface area contributed by atoms with E-state index in [1.54, 1.807) is 22.9 Å². The summed E-state index contributed by atoms with van der Waals surface area (Å²) in [6, 6.07) is 19.1. The fraction of sp³-hybridized carbons (Fsp3) is 0.208. The van der Waals surface area contributed by atoms with Gasteiger partial charge in [-0.25, -0.2) is 9.97 Å². The molecule has 0 fully saturated rings. The number of aromatic amines is 1. The van der Waals surface area contributed by atoms with Crippen molar-refractivity contribution in [2.45, 2.75) is 26.1 Å². The van der Waals surface area contributed by atoms with Crippen LogP contribution in [0.4, 0.5) is 13.2 Å². The molecule has 3 aromatic heterocycles. The predicted molar refractivity (Wildman–Crippen MR) is 121 cm³/mol. The number of nitrogens with zero attached hydrogens (tertiary/aromatic N) is 6. The molecule has 0 spiro atoms. The van der Waals surface area contributed by atoms with E-state index in [1.165, 1.54) is 6.92 Å². The average Bonchev–Trinajstić information content (AvgIpc) is 3.48. The molecule has 1 N–H and O–H groups in total. The van der Waals surface area contributed by atoms with Gasteiger partial charge in [0.25, 0.3) is 0 Å². The van der Waals surface area contributed by atoms with E-state index in [1.807, 2.05) is 48.5 Å². The van der Waals surface area contributed by atoms with Crippen LogP contribution in [0.15, 0.2) is 66.9 Å². The van der Waals surface area contributed by atoms with Gasteiger partial charge in [0.05, 0.1) is 12.5 Å².